The third kappa shape index (κ3) is 8.68. The topological polar surface area (TPSA) is 49.4 Å². The molecular formula is C25H32Cl2N2O2S. The minimum Gasteiger partial charge on any atom is -0.352 e. The average Bonchev–Trinajstić information content (AvgIpc) is 2.78. The van der Waals surface area contributed by atoms with E-state index in [4.69, 9.17) is 23.2 Å². The van der Waals surface area contributed by atoms with Crippen molar-refractivity contribution in [2.45, 2.75) is 70.0 Å². The van der Waals surface area contributed by atoms with Crippen LogP contribution in [0.25, 0.3) is 0 Å². The zero-order valence-corrected chi connectivity index (χ0v) is 21.3. The fraction of sp³-hybridized carbons (Fsp3) is 0.440. The Bertz CT molecular complexity index is 859. The molecule has 0 heterocycles. The summed E-state index contributed by atoms with van der Waals surface area (Å²) in [7, 11) is 0. The second-order valence-electron chi connectivity index (χ2n) is 7.80. The molecule has 2 aromatic rings. The maximum absolute atomic E-state index is 13.2. The highest BCUT2D eigenvalue weighted by Crippen LogP contribution is 2.22. The molecule has 0 aliphatic heterocycles. The second kappa shape index (κ2) is 13.8. The fourth-order valence-corrected chi connectivity index (χ4v) is 4.34. The third-order valence-corrected chi connectivity index (χ3v) is 6.87. The molecule has 2 atom stereocenters. The Morgan fingerprint density at radius 1 is 0.969 bits per heavy atom. The van der Waals surface area contributed by atoms with Crippen LogP contribution < -0.4 is 5.32 Å². The monoisotopic (exact) mass is 494 g/mol. The lowest BCUT2D eigenvalue weighted by atomic mass is 10.1. The predicted octanol–water partition coefficient (Wildman–Crippen LogP) is 6.59. The fourth-order valence-electron chi connectivity index (χ4n) is 3.23. The Balaban J connectivity index is 2.05. The Hall–Kier alpha value is -1.69. The molecule has 4 nitrogen and oxygen atoms in total. The van der Waals surface area contributed by atoms with E-state index in [0.717, 1.165) is 29.1 Å². The Morgan fingerprint density at radius 2 is 1.56 bits per heavy atom. The van der Waals surface area contributed by atoms with E-state index in [0.29, 0.717) is 29.4 Å². The molecule has 0 saturated carbocycles. The van der Waals surface area contributed by atoms with Crippen LogP contribution in [-0.2, 0) is 16.1 Å². The Kier molecular flexibility index (Phi) is 11.4. The van der Waals surface area contributed by atoms with Crippen LogP contribution >= 0.6 is 35.0 Å². The Morgan fingerprint density at radius 3 is 2.12 bits per heavy atom. The molecule has 0 aliphatic carbocycles. The number of nitrogens with one attached hydrogen (secondary N) is 1. The van der Waals surface area contributed by atoms with Crippen molar-refractivity contribution in [2.24, 2.45) is 0 Å². The van der Waals surface area contributed by atoms with E-state index in [-0.39, 0.29) is 17.9 Å². The molecule has 2 aromatic carbocycles. The van der Waals surface area contributed by atoms with E-state index in [1.165, 1.54) is 0 Å². The van der Waals surface area contributed by atoms with Crippen molar-refractivity contribution in [1.82, 2.24) is 10.2 Å². The summed E-state index contributed by atoms with van der Waals surface area (Å²) in [5, 5.41) is 4.39. The van der Waals surface area contributed by atoms with Crippen LogP contribution in [0.3, 0.4) is 0 Å². The van der Waals surface area contributed by atoms with Crippen LogP contribution in [0.5, 0.6) is 0 Å². The van der Waals surface area contributed by atoms with Gasteiger partial charge in [-0.1, -0.05) is 49.2 Å². The smallest absolute Gasteiger partial charge is 0.243 e. The van der Waals surface area contributed by atoms with Crippen molar-refractivity contribution in [3.05, 3.63) is 64.1 Å². The van der Waals surface area contributed by atoms with Crippen LogP contribution in [0.1, 0.15) is 52.0 Å². The summed E-state index contributed by atoms with van der Waals surface area (Å²) < 4.78 is 0. The SMILES string of the molecule is CC[C@@H](C)NC(=O)[C@H](CC)N(Cc1ccc(Cl)cc1)C(=O)CCCSc1ccc(Cl)cc1. The van der Waals surface area contributed by atoms with Gasteiger partial charge < -0.3 is 10.2 Å². The Labute approximate surface area is 206 Å². The molecule has 0 radical (unpaired) electrons. The van der Waals surface area contributed by atoms with Gasteiger partial charge in [-0.2, -0.15) is 0 Å². The van der Waals surface area contributed by atoms with Crippen LogP contribution in [-0.4, -0.2) is 34.6 Å². The van der Waals surface area contributed by atoms with Gasteiger partial charge in [0.1, 0.15) is 6.04 Å². The average molecular weight is 496 g/mol. The summed E-state index contributed by atoms with van der Waals surface area (Å²) in [5.74, 6) is 0.709. The largest absolute Gasteiger partial charge is 0.352 e. The van der Waals surface area contributed by atoms with Gasteiger partial charge in [-0.3, -0.25) is 9.59 Å². The maximum atomic E-state index is 13.2. The highest BCUT2D eigenvalue weighted by atomic mass is 35.5. The molecule has 0 unspecified atom stereocenters. The quantitative estimate of drug-likeness (QED) is 0.267. The van der Waals surface area contributed by atoms with Crippen molar-refractivity contribution in [3.63, 3.8) is 0 Å². The molecule has 2 rings (SSSR count). The summed E-state index contributed by atoms with van der Waals surface area (Å²) in [4.78, 5) is 29.0. The van der Waals surface area contributed by atoms with E-state index >= 15 is 0 Å². The number of carbonyl (C=O) groups is 2. The summed E-state index contributed by atoms with van der Waals surface area (Å²) >= 11 is 13.6. The standard InChI is InChI=1S/C25H32Cl2N2O2S/c1-4-18(3)28-25(31)23(5-2)29(17-19-8-10-20(26)11-9-19)24(30)7-6-16-32-22-14-12-21(27)13-15-22/h8-15,18,23H,4-7,16-17H2,1-3H3,(H,28,31)/t18-,23+/m1/s1. The third-order valence-electron chi connectivity index (χ3n) is 5.27. The molecule has 0 spiro atoms. The zero-order chi connectivity index (χ0) is 23.5. The molecule has 1 N–H and O–H groups in total. The lowest BCUT2D eigenvalue weighted by Crippen LogP contribution is -2.50. The van der Waals surface area contributed by atoms with Crippen LogP contribution in [0.4, 0.5) is 0 Å². The summed E-state index contributed by atoms with van der Waals surface area (Å²) in [6, 6.07) is 14.7. The van der Waals surface area contributed by atoms with Gasteiger partial charge in [0.2, 0.25) is 11.8 Å². The molecule has 0 aromatic heterocycles. The number of halogens is 2. The van der Waals surface area contributed by atoms with Crippen LogP contribution in [0.2, 0.25) is 10.0 Å². The number of thioether (sulfide) groups is 1. The van der Waals surface area contributed by atoms with Gasteiger partial charge in [0.05, 0.1) is 0 Å². The van der Waals surface area contributed by atoms with Gasteiger partial charge in [-0.05, 0) is 73.9 Å². The number of benzene rings is 2. The molecule has 0 fully saturated rings. The van der Waals surface area contributed by atoms with E-state index in [1.807, 2.05) is 69.3 Å². The van der Waals surface area contributed by atoms with Gasteiger partial charge in [0, 0.05) is 33.9 Å². The molecule has 174 valence electrons. The highest BCUT2D eigenvalue weighted by molar-refractivity contribution is 7.99. The van der Waals surface area contributed by atoms with Crippen molar-refractivity contribution in [2.75, 3.05) is 5.75 Å². The lowest BCUT2D eigenvalue weighted by molar-refractivity contribution is -0.141. The first-order chi connectivity index (χ1) is 15.3. The second-order valence-corrected chi connectivity index (χ2v) is 9.84. The first-order valence-electron chi connectivity index (χ1n) is 11.1. The van der Waals surface area contributed by atoms with Gasteiger partial charge >= 0.3 is 0 Å². The predicted molar refractivity (Wildman–Crippen MR) is 135 cm³/mol. The van der Waals surface area contributed by atoms with Crippen molar-refractivity contribution in [3.8, 4) is 0 Å². The number of hydrogen-bond donors (Lipinski definition) is 1. The van der Waals surface area contributed by atoms with Gasteiger partial charge in [-0.25, -0.2) is 0 Å². The first-order valence-corrected chi connectivity index (χ1v) is 12.8. The number of carbonyl (C=O) groups excluding carboxylic acids is 2. The molecule has 0 bridgehead atoms. The molecule has 0 aliphatic rings. The van der Waals surface area contributed by atoms with Crippen molar-refractivity contribution >= 4 is 46.8 Å². The van der Waals surface area contributed by atoms with Crippen molar-refractivity contribution < 1.29 is 9.59 Å². The van der Waals surface area contributed by atoms with Crippen LogP contribution in [0, 0.1) is 0 Å². The van der Waals surface area contributed by atoms with Gasteiger partial charge in [0.25, 0.3) is 0 Å². The normalized spacial score (nSPS) is 12.8. The first kappa shape index (κ1) is 26.6. The molecule has 7 heteroatoms. The van der Waals surface area contributed by atoms with E-state index < -0.39 is 6.04 Å². The summed E-state index contributed by atoms with van der Waals surface area (Å²) in [6.45, 7) is 6.33. The lowest BCUT2D eigenvalue weighted by Gasteiger charge is -2.31. The number of hydrogen-bond acceptors (Lipinski definition) is 3. The molecule has 0 saturated heterocycles. The van der Waals surface area contributed by atoms with E-state index in [1.54, 1.807) is 16.7 Å². The molecule has 2 amide bonds. The van der Waals surface area contributed by atoms with E-state index in [2.05, 4.69) is 5.32 Å². The van der Waals surface area contributed by atoms with Crippen LogP contribution in [0.15, 0.2) is 53.4 Å². The van der Waals surface area contributed by atoms with Crippen molar-refractivity contribution in [1.29, 1.82) is 0 Å². The zero-order valence-electron chi connectivity index (χ0n) is 18.9. The molecule has 32 heavy (non-hydrogen) atoms. The number of nitrogens with zero attached hydrogens (tertiary/aromatic N) is 1. The van der Waals surface area contributed by atoms with E-state index in [9.17, 15) is 9.59 Å². The molecular weight excluding hydrogens is 463 g/mol. The number of amides is 2. The minimum absolute atomic E-state index is 0.0113. The minimum atomic E-state index is -0.504. The number of rotatable bonds is 12. The highest BCUT2D eigenvalue weighted by Gasteiger charge is 2.28. The van der Waals surface area contributed by atoms with Gasteiger partial charge in [-0.15, -0.1) is 11.8 Å². The summed E-state index contributed by atoms with van der Waals surface area (Å²) in [5.41, 5.74) is 0.952. The maximum Gasteiger partial charge on any atom is 0.243 e. The van der Waals surface area contributed by atoms with Gasteiger partial charge in [0.15, 0.2) is 0 Å². The summed E-state index contributed by atoms with van der Waals surface area (Å²) in [6.07, 6.45) is 2.52.